The molecule has 1 aliphatic heterocycles. The Morgan fingerprint density at radius 1 is 1.00 bits per heavy atom. The molecule has 0 spiro atoms. The average Bonchev–Trinajstić information content (AvgIpc) is 2.74. The summed E-state index contributed by atoms with van der Waals surface area (Å²) < 4.78 is 0. The minimum absolute atomic E-state index is 0.741. The Hall–Kier alpha value is -1.80. The van der Waals surface area contributed by atoms with E-state index in [1.807, 2.05) is 42.7 Å². The molecule has 0 saturated heterocycles. The van der Waals surface area contributed by atoms with Crippen molar-refractivity contribution in [3.8, 4) is 0 Å². The van der Waals surface area contributed by atoms with Gasteiger partial charge in [-0.25, -0.2) is 0 Å². The summed E-state index contributed by atoms with van der Waals surface area (Å²) in [6.07, 6.45) is 5.46. The third-order valence-corrected chi connectivity index (χ3v) is 2.83. The molecule has 0 bridgehead atoms. The fourth-order valence-electron chi connectivity index (χ4n) is 1.77. The van der Waals surface area contributed by atoms with Crippen molar-refractivity contribution >= 4 is 22.9 Å². The molecule has 1 aromatic carbocycles. The molecule has 1 radical (unpaired) electrons. The Balaban J connectivity index is 2.07. The number of hydrogen-bond donors (Lipinski definition) is 0. The van der Waals surface area contributed by atoms with E-state index in [0.717, 1.165) is 27.4 Å². The largest absolute Gasteiger partial charge is 0.264 e. The van der Waals surface area contributed by atoms with Crippen LogP contribution in [0.25, 0.3) is 5.57 Å². The van der Waals surface area contributed by atoms with Crippen LogP contribution in [0.15, 0.2) is 48.9 Å². The number of aromatic nitrogens is 1. The minimum atomic E-state index is 0.741. The standard InChI is InChI=1S/C13H8ClN2/c14-10-3-1-9(2-4-10)11-8-16-13-5-6-15-7-12(11)13/h1-8H. The first-order chi connectivity index (χ1) is 7.84. The van der Waals surface area contributed by atoms with E-state index in [9.17, 15) is 0 Å². The van der Waals surface area contributed by atoms with Crippen molar-refractivity contribution in [3.63, 3.8) is 0 Å². The van der Waals surface area contributed by atoms with Gasteiger partial charge in [-0.05, 0) is 23.8 Å². The van der Waals surface area contributed by atoms with Crippen LogP contribution in [-0.2, 0) is 0 Å². The number of fused-ring (bicyclic) bond motifs is 1. The SMILES string of the molecule is Clc1ccc(C2=C[N]c3ccncc32)cc1. The Bertz CT molecular complexity index is 558. The maximum Gasteiger partial charge on any atom is 0.0739 e. The molecule has 0 amide bonds. The molecule has 3 heteroatoms. The highest BCUT2D eigenvalue weighted by Crippen LogP contribution is 2.33. The highest BCUT2D eigenvalue weighted by Gasteiger charge is 2.16. The van der Waals surface area contributed by atoms with Crippen molar-refractivity contribution < 1.29 is 0 Å². The van der Waals surface area contributed by atoms with Crippen LogP contribution < -0.4 is 5.32 Å². The van der Waals surface area contributed by atoms with Gasteiger partial charge in [0.15, 0.2) is 0 Å². The number of halogens is 1. The van der Waals surface area contributed by atoms with Crippen LogP contribution in [0.2, 0.25) is 5.02 Å². The number of pyridine rings is 1. The van der Waals surface area contributed by atoms with Gasteiger partial charge in [0.2, 0.25) is 0 Å². The first kappa shape index (κ1) is 9.43. The summed E-state index contributed by atoms with van der Waals surface area (Å²) in [5.74, 6) is 0. The zero-order valence-corrected chi connectivity index (χ0v) is 9.15. The van der Waals surface area contributed by atoms with Gasteiger partial charge in [0, 0.05) is 34.8 Å². The van der Waals surface area contributed by atoms with Gasteiger partial charge >= 0.3 is 0 Å². The molecule has 0 atom stereocenters. The van der Waals surface area contributed by atoms with Crippen LogP contribution >= 0.6 is 11.6 Å². The third-order valence-electron chi connectivity index (χ3n) is 2.58. The molecule has 1 aliphatic rings. The van der Waals surface area contributed by atoms with Crippen molar-refractivity contribution in [2.75, 3.05) is 0 Å². The van der Waals surface area contributed by atoms with Crippen LogP contribution in [0.4, 0.5) is 5.69 Å². The number of rotatable bonds is 1. The van der Waals surface area contributed by atoms with Crippen LogP contribution in [0.5, 0.6) is 0 Å². The molecule has 2 nitrogen and oxygen atoms in total. The molecular formula is C13H8ClN2. The summed E-state index contributed by atoms with van der Waals surface area (Å²) in [4.78, 5) is 4.12. The second kappa shape index (κ2) is 3.65. The van der Waals surface area contributed by atoms with Crippen LogP contribution in [-0.4, -0.2) is 4.98 Å². The second-order valence-corrected chi connectivity index (χ2v) is 4.01. The first-order valence-electron chi connectivity index (χ1n) is 4.96. The first-order valence-corrected chi connectivity index (χ1v) is 5.34. The summed E-state index contributed by atoms with van der Waals surface area (Å²) >= 11 is 5.86. The van der Waals surface area contributed by atoms with E-state index in [1.165, 1.54) is 0 Å². The molecule has 2 aromatic rings. The van der Waals surface area contributed by atoms with Gasteiger partial charge in [0.25, 0.3) is 0 Å². The van der Waals surface area contributed by atoms with Crippen LogP contribution in [0, 0.1) is 0 Å². The maximum absolute atomic E-state index is 5.86. The van der Waals surface area contributed by atoms with E-state index in [0.29, 0.717) is 0 Å². The van der Waals surface area contributed by atoms with E-state index < -0.39 is 0 Å². The summed E-state index contributed by atoms with van der Waals surface area (Å²) in [7, 11) is 0. The number of nitrogens with zero attached hydrogens (tertiary/aromatic N) is 2. The van der Waals surface area contributed by atoms with Crippen molar-refractivity contribution in [2.24, 2.45) is 0 Å². The van der Waals surface area contributed by atoms with Gasteiger partial charge in [-0.2, -0.15) is 0 Å². The van der Waals surface area contributed by atoms with Gasteiger partial charge in [0.05, 0.1) is 5.69 Å². The maximum atomic E-state index is 5.86. The fraction of sp³-hybridized carbons (Fsp3) is 0. The summed E-state index contributed by atoms with van der Waals surface area (Å²) in [6, 6.07) is 9.66. The second-order valence-electron chi connectivity index (χ2n) is 3.57. The Labute approximate surface area is 98.6 Å². The van der Waals surface area contributed by atoms with Gasteiger partial charge in [-0.3, -0.25) is 10.3 Å². The number of hydrogen-bond acceptors (Lipinski definition) is 1. The van der Waals surface area contributed by atoms with E-state index >= 15 is 0 Å². The van der Waals surface area contributed by atoms with E-state index in [-0.39, 0.29) is 0 Å². The predicted octanol–water partition coefficient (Wildman–Crippen LogP) is 3.37. The lowest BCUT2D eigenvalue weighted by atomic mass is 10.0. The Kier molecular flexibility index (Phi) is 2.15. The van der Waals surface area contributed by atoms with Gasteiger partial charge < -0.3 is 0 Å². The normalized spacial score (nSPS) is 12.9. The van der Waals surface area contributed by atoms with E-state index in [2.05, 4.69) is 10.3 Å². The molecule has 0 unspecified atom stereocenters. The van der Waals surface area contributed by atoms with Gasteiger partial charge in [0.1, 0.15) is 0 Å². The highest BCUT2D eigenvalue weighted by atomic mass is 35.5. The molecule has 1 aromatic heterocycles. The quantitative estimate of drug-likeness (QED) is 0.734. The smallest absolute Gasteiger partial charge is 0.0739 e. The predicted molar refractivity (Wildman–Crippen MR) is 64.6 cm³/mol. The minimum Gasteiger partial charge on any atom is -0.264 e. The monoisotopic (exact) mass is 227 g/mol. The average molecular weight is 228 g/mol. The summed E-state index contributed by atoms with van der Waals surface area (Å²) in [6.45, 7) is 0. The van der Waals surface area contributed by atoms with Crippen molar-refractivity contribution in [1.29, 1.82) is 0 Å². The van der Waals surface area contributed by atoms with Gasteiger partial charge in [-0.15, -0.1) is 0 Å². The zero-order valence-electron chi connectivity index (χ0n) is 8.39. The molecule has 0 saturated carbocycles. The fourth-order valence-corrected chi connectivity index (χ4v) is 1.90. The lowest BCUT2D eigenvalue weighted by Crippen LogP contribution is -1.85. The van der Waals surface area contributed by atoms with Crippen LogP contribution in [0.3, 0.4) is 0 Å². The molecule has 0 N–H and O–H groups in total. The molecule has 0 fully saturated rings. The van der Waals surface area contributed by atoms with E-state index in [4.69, 9.17) is 11.6 Å². The molecule has 3 rings (SSSR count). The Morgan fingerprint density at radius 3 is 2.62 bits per heavy atom. The van der Waals surface area contributed by atoms with E-state index in [1.54, 1.807) is 6.20 Å². The number of benzene rings is 1. The molecule has 0 aliphatic carbocycles. The van der Waals surface area contributed by atoms with Crippen molar-refractivity contribution in [3.05, 3.63) is 65.1 Å². The van der Waals surface area contributed by atoms with Gasteiger partial charge in [-0.1, -0.05) is 23.7 Å². The highest BCUT2D eigenvalue weighted by molar-refractivity contribution is 6.30. The Morgan fingerprint density at radius 2 is 1.81 bits per heavy atom. The third kappa shape index (κ3) is 1.48. The molecule has 16 heavy (non-hydrogen) atoms. The summed E-state index contributed by atoms with van der Waals surface area (Å²) in [5.41, 5.74) is 4.25. The van der Waals surface area contributed by atoms with Crippen molar-refractivity contribution in [1.82, 2.24) is 10.3 Å². The molecule has 77 valence electrons. The molecular weight excluding hydrogens is 220 g/mol. The lowest BCUT2D eigenvalue weighted by molar-refractivity contribution is 1.19. The molecule has 2 heterocycles. The topological polar surface area (TPSA) is 27.0 Å². The van der Waals surface area contributed by atoms with Crippen LogP contribution in [0.1, 0.15) is 11.1 Å². The summed E-state index contributed by atoms with van der Waals surface area (Å²) in [5, 5.41) is 5.09. The zero-order chi connectivity index (χ0) is 11.0. The lowest BCUT2D eigenvalue weighted by Gasteiger charge is -2.03. The van der Waals surface area contributed by atoms with Crippen molar-refractivity contribution in [2.45, 2.75) is 0 Å².